The summed E-state index contributed by atoms with van der Waals surface area (Å²) < 4.78 is 73.6. The molecule has 2 aromatic carbocycles. The molecule has 1 aliphatic rings. The Balaban J connectivity index is 1.96. The molecule has 1 fully saturated rings. The zero-order chi connectivity index (χ0) is 30.0. The number of benzene rings is 2. The summed E-state index contributed by atoms with van der Waals surface area (Å²) in [6.45, 7) is 3.36. The molecule has 9 nitrogen and oxygen atoms in total. The van der Waals surface area contributed by atoms with Gasteiger partial charge in [0.15, 0.2) is 0 Å². The Bertz CT molecular complexity index is 1350. The molecule has 1 N–H and O–H groups in total. The number of aliphatic hydroxyl groups is 1. The van der Waals surface area contributed by atoms with E-state index >= 15 is 0 Å². The first-order valence-corrected chi connectivity index (χ1v) is 14.2. The van der Waals surface area contributed by atoms with Crippen molar-refractivity contribution in [1.82, 2.24) is 9.80 Å². The van der Waals surface area contributed by atoms with Gasteiger partial charge < -0.3 is 14.7 Å². The maximum absolute atomic E-state index is 13.6. The van der Waals surface area contributed by atoms with Crippen LogP contribution in [0.3, 0.4) is 0 Å². The molecule has 0 bridgehead atoms. The Kier molecular flexibility index (Phi) is 9.55. The number of carbonyl (C=O) groups is 2. The van der Waals surface area contributed by atoms with Crippen LogP contribution in [0.15, 0.2) is 47.4 Å². The van der Waals surface area contributed by atoms with Crippen LogP contribution in [0.4, 0.5) is 23.7 Å². The second kappa shape index (κ2) is 12.0. The monoisotopic (exact) mass is 625 g/mol. The Morgan fingerprint density at radius 3 is 2.25 bits per heavy atom. The SMILES string of the molecule is CC(C)(C)OC(=O)N1CCN(C(=O)CN(c2cc(C(F)(F)F)ccc2Cl)S(=O)(=O)c2ccc(Cl)cc2)CC1CO. The number of hydrogen-bond donors (Lipinski definition) is 1. The van der Waals surface area contributed by atoms with Crippen LogP contribution in [-0.4, -0.2) is 79.8 Å². The van der Waals surface area contributed by atoms with Crippen molar-refractivity contribution in [2.24, 2.45) is 0 Å². The van der Waals surface area contributed by atoms with E-state index in [4.69, 9.17) is 27.9 Å². The predicted molar refractivity (Wildman–Crippen MR) is 143 cm³/mol. The van der Waals surface area contributed by atoms with Gasteiger partial charge in [0, 0.05) is 24.7 Å². The second-order valence-electron chi connectivity index (χ2n) is 9.98. The van der Waals surface area contributed by atoms with E-state index in [9.17, 15) is 36.3 Å². The average Bonchev–Trinajstić information content (AvgIpc) is 2.85. The molecule has 1 unspecified atom stereocenters. The Morgan fingerprint density at radius 2 is 1.70 bits per heavy atom. The van der Waals surface area contributed by atoms with Crippen molar-refractivity contribution in [2.75, 3.05) is 37.1 Å². The molecule has 1 heterocycles. The number of piperazine rings is 1. The van der Waals surface area contributed by atoms with Crippen molar-refractivity contribution in [2.45, 2.75) is 43.5 Å². The van der Waals surface area contributed by atoms with Crippen molar-refractivity contribution < 1.29 is 41.0 Å². The van der Waals surface area contributed by atoms with Crippen LogP contribution >= 0.6 is 23.2 Å². The lowest BCUT2D eigenvalue weighted by Gasteiger charge is -2.41. The highest BCUT2D eigenvalue weighted by Gasteiger charge is 2.38. The van der Waals surface area contributed by atoms with Crippen LogP contribution in [0.25, 0.3) is 0 Å². The third-order valence-corrected chi connectivity index (χ3v) is 8.24. The number of sulfonamides is 1. The average molecular weight is 626 g/mol. The van der Waals surface area contributed by atoms with E-state index in [1.54, 1.807) is 20.8 Å². The van der Waals surface area contributed by atoms with Gasteiger partial charge in [-0.15, -0.1) is 0 Å². The number of aliphatic hydroxyl groups excluding tert-OH is 1. The molecule has 0 spiro atoms. The van der Waals surface area contributed by atoms with Crippen molar-refractivity contribution in [1.29, 1.82) is 0 Å². The quantitative estimate of drug-likeness (QED) is 0.501. The molecule has 1 aliphatic heterocycles. The third kappa shape index (κ3) is 7.50. The highest BCUT2D eigenvalue weighted by molar-refractivity contribution is 7.92. The summed E-state index contributed by atoms with van der Waals surface area (Å²) in [4.78, 5) is 28.1. The minimum Gasteiger partial charge on any atom is -0.444 e. The van der Waals surface area contributed by atoms with Crippen LogP contribution in [0.2, 0.25) is 10.0 Å². The maximum atomic E-state index is 13.6. The van der Waals surface area contributed by atoms with Crippen LogP contribution in [0.5, 0.6) is 0 Å². The van der Waals surface area contributed by atoms with Gasteiger partial charge in [-0.1, -0.05) is 23.2 Å². The molecule has 0 aromatic heterocycles. The largest absolute Gasteiger partial charge is 0.444 e. The van der Waals surface area contributed by atoms with Gasteiger partial charge in [0.2, 0.25) is 5.91 Å². The predicted octanol–water partition coefficient (Wildman–Crippen LogP) is 4.65. The summed E-state index contributed by atoms with van der Waals surface area (Å²) in [5, 5.41) is 9.77. The summed E-state index contributed by atoms with van der Waals surface area (Å²) in [5.41, 5.74) is -2.52. The van der Waals surface area contributed by atoms with E-state index in [0.29, 0.717) is 16.4 Å². The van der Waals surface area contributed by atoms with Gasteiger partial charge in [0.05, 0.1) is 33.8 Å². The number of carbonyl (C=O) groups excluding carboxylic acids is 2. The van der Waals surface area contributed by atoms with Crippen molar-refractivity contribution in [3.8, 4) is 0 Å². The lowest BCUT2D eigenvalue weighted by atomic mass is 10.1. The van der Waals surface area contributed by atoms with Gasteiger partial charge >= 0.3 is 12.3 Å². The highest BCUT2D eigenvalue weighted by Crippen LogP contribution is 2.37. The number of anilines is 1. The lowest BCUT2D eigenvalue weighted by molar-refractivity contribution is -0.137. The summed E-state index contributed by atoms with van der Waals surface area (Å²) in [7, 11) is -4.61. The fourth-order valence-corrected chi connectivity index (χ4v) is 5.76. The summed E-state index contributed by atoms with van der Waals surface area (Å²) in [6.07, 6.45) is -5.51. The molecule has 220 valence electrons. The molecule has 0 aliphatic carbocycles. The first-order chi connectivity index (χ1) is 18.4. The van der Waals surface area contributed by atoms with Crippen LogP contribution in [0.1, 0.15) is 26.3 Å². The second-order valence-corrected chi connectivity index (χ2v) is 12.7. The van der Waals surface area contributed by atoms with Crippen LogP contribution < -0.4 is 4.31 Å². The van der Waals surface area contributed by atoms with E-state index in [1.165, 1.54) is 21.9 Å². The molecule has 1 atom stereocenters. The zero-order valence-corrected chi connectivity index (χ0v) is 24.1. The van der Waals surface area contributed by atoms with Gasteiger partial charge in [-0.05, 0) is 63.2 Å². The smallest absolute Gasteiger partial charge is 0.416 e. The molecule has 2 amide bonds. The van der Waals surface area contributed by atoms with Crippen LogP contribution in [0, 0.1) is 0 Å². The fraction of sp³-hybridized carbons (Fsp3) is 0.440. The molecule has 2 aromatic rings. The Morgan fingerprint density at radius 1 is 1.07 bits per heavy atom. The molecule has 15 heteroatoms. The normalized spacial score (nSPS) is 16.6. The number of alkyl halides is 3. The first-order valence-electron chi connectivity index (χ1n) is 12.0. The van der Waals surface area contributed by atoms with E-state index < -0.39 is 64.2 Å². The Labute approximate surface area is 240 Å². The van der Waals surface area contributed by atoms with Crippen molar-refractivity contribution >= 4 is 50.9 Å². The lowest BCUT2D eigenvalue weighted by Crippen LogP contribution is -2.59. The number of hydrogen-bond acceptors (Lipinski definition) is 6. The molecular weight excluding hydrogens is 598 g/mol. The number of halogens is 5. The minimum absolute atomic E-state index is 0.0276. The standard InChI is InChI=1S/C25H28Cl2F3N3O6S/c1-24(2,3)39-23(36)32-11-10-31(13-18(32)15-34)22(35)14-33(40(37,38)19-7-5-17(26)6-8-19)21-12-16(25(28,29)30)4-9-20(21)27/h4-9,12,18,34H,10-11,13-15H2,1-3H3. The van der Waals surface area contributed by atoms with Crippen molar-refractivity contribution in [3.63, 3.8) is 0 Å². The molecule has 3 rings (SSSR count). The maximum Gasteiger partial charge on any atom is 0.416 e. The summed E-state index contributed by atoms with van der Waals surface area (Å²) in [5.74, 6) is -0.784. The summed E-state index contributed by atoms with van der Waals surface area (Å²) >= 11 is 12.0. The van der Waals surface area contributed by atoms with E-state index in [-0.39, 0.29) is 34.6 Å². The highest BCUT2D eigenvalue weighted by atomic mass is 35.5. The first kappa shape index (κ1) is 31.8. The number of rotatable bonds is 6. The molecule has 1 saturated heterocycles. The van der Waals surface area contributed by atoms with Gasteiger partial charge in [-0.25, -0.2) is 13.2 Å². The zero-order valence-electron chi connectivity index (χ0n) is 21.8. The Hall–Kier alpha value is -2.74. The van der Waals surface area contributed by atoms with Gasteiger partial charge in [-0.2, -0.15) is 13.2 Å². The molecule has 40 heavy (non-hydrogen) atoms. The topological polar surface area (TPSA) is 107 Å². The van der Waals surface area contributed by atoms with Gasteiger partial charge in [0.25, 0.3) is 10.0 Å². The summed E-state index contributed by atoms with van der Waals surface area (Å²) in [6, 6.07) is 6.16. The van der Waals surface area contributed by atoms with Gasteiger partial charge in [-0.3, -0.25) is 14.0 Å². The number of ether oxygens (including phenoxy) is 1. The van der Waals surface area contributed by atoms with Crippen molar-refractivity contribution in [3.05, 3.63) is 58.1 Å². The van der Waals surface area contributed by atoms with E-state index in [1.807, 2.05) is 0 Å². The fourth-order valence-electron chi connectivity index (χ4n) is 3.94. The van der Waals surface area contributed by atoms with E-state index in [2.05, 4.69) is 0 Å². The van der Waals surface area contributed by atoms with Gasteiger partial charge in [0.1, 0.15) is 12.1 Å². The molecule has 0 saturated carbocycles. The molecule has 0 radical (unpaired) electrons. The molecular formula is C25H28Cl2F3N3O6S. The van der Waals surface area contributed by atoms with E-state index in [0.717, 1.165) is 18.2 Å². The number of amides is 2. The van der Waals surface area contributed by atoms with Crippen LogP contribution in [-0.2, 0) is 25.7 Å². The minimum atomic E-state index is -4.81. The number of nitrogens with zero attached hydrogens (tertiary/aromatic N) is 3. The third-order valence-electron chi connectivity index (χ3n) is 5.90.